The van der Waals surface area contributed by atoms with Crippen molar-refractivity contribution in [2.75, 3.05) is 6.54 Å². The molecule has 0 bridgehead atoms. The van der Waals surface area contributed by atoms with Crippen molar-refractivity contribution in [2.24, 2.45) is 0 Å². The number of benzene rings is 2. The average molecular weight is 355 g/mol. The Bertz CT molecular complexity index is 1070. The maximum atomic E-state index is 12.9. The summed E-state index contributed by atoms with van der Waals surface area (Å²) in [6.07, 6.45) is 0.575. The van der Waals surface area contributed by atoms with Crippen LogP contribution in [0.25, 0.3) is 11.0 Å². The molecule has 2 N–H and O–H groups in total. The van der Waals surface area contributed by atoms with Crippen LogP contribution in [0.3, 0.4) is 0 Å². The van der Waals surface area contributed by atoms with E-state index in [9.17, 15) is 18.8 Å². The average Bonchev–Trinajstić information content (AvgIpc) is 2.64. The molecule has 3 aromatic rings. The first kappa shape index (κ1) is 17.6. The molecule has 2 aromatic carbocycles. The molecular weight excluding hydrogens is 337 g/mol. The summed E-state index contributed by atoms with van der Waals surface area (Å²) in [5.41, 5.74) is 0.974. The second kappa shape index (κ2) is 7.35. The zero-order valence-corrected chi connectivity index (χ0v) is 14.2. The molecule has 0 aliphatic heterocycles. The zero-order valence-electron chi connectivity index (χ0n) is 14.2. The SMILES string of the molecule is CCn1c(=O)c(=O)[nH]c2cc(C(=O)NCCc3ccc(F)cc3)ccc21. The molecule has 3 rings (SSSR count). The summed E-state index contributed by atoms with van der Waals surface area (Å²) in [6, 6.07) is 10.9. The van der Waals surface area contributed by atoms with Crippen molar-refractivity contribution in [2.45, 2.75) is 19.9 Å². The quantitative estimate of drug-likeness (QED) is 0.685. The highest BCUT2D eigenvalue weighted by Gasteiger charge is 2.10. The number of hydrogen-bond donors (Lipinski definition) is 2. The third kappa shape index (κ3) is 3.56. The number of aromatic amines is 1. The summed E-state index contributed by atoms with van der Waals surface area (Å²) in [5.74, 6) is -0.586. The minimum atomic E-state index is -0.715. The number of aromatic nitrogens is 2. The largest absolute Gasteiger partial charge is 0.352 e. The Morgan fingerprint density at radius 1 is 1.15 bits per heavy atom. The van der Waals surface area contributed by atoms with Crippen molar-refractivity contribution in [3.63, 3.8) is 0 Å². The lowest BCUT2D eigenvalue weighted by atomic mass is 10.1. The van der Waals surface area contributed by atoms with Gasteiger partial charge in [0.1, 0.15) is 5.82 Å². The molecule has 0 fully saturated rings. The summed E-state index contributed by atoms with van der Waals surface area (Å²) in [7, 11) is 0. The van der Waals surface area contributed by atoms with E-state index in [-0.39, 0.29) is 11.7 Å². The molecule has 0 aliphatic rings. The van der Waals surface area contributed by atoms with Crippen LogP contribution in [-0.4, -0.2) is 22.0 Å². The number of nitrogens with zero attached hydrogens (tertiary/aromatic N) is 1. The van der Waals surface area contributed by atoms with Gasteiger partial charge in [-0.05, 0) is 49.2 Å². The molecule has 134 valence electrons. The number of rotatable bonds is 5. The van der Waals surface area contributed by atoms with Crippen LogP contribution in [0.15, 0.2) is 52.1 Å². The number of H-pyrrole nitrogens is 1. The van der Waals surface area contributed by atoms with E-state index in [0.29, 0.717) is 36.1 Å². The van der Waals surface area contributed by atoms with Crippen molar-refractivity contribution in [3.8, 4) is 0 Å². The number of amides is 1. The lowest BCUT2D eigenvalue weighted by Crippen LogP contribution is -2.36. The maximum Gasteiger partial charge on any atom is 0.316 e. The fourth-order valence-electron chi connectivity index (χ4n) is 2.81. The summed E-state index contributed by atoms with van der Waals surface area (Å²) in [4.78, 5) is 38.4. The molecule has 26 heavy (non-hydrogen) atoms. The van der Waals surface area contributed by atoms with Gasteiger partial charge in [0.2, 0.25) is 0 Å². The summed E-state index contributed by atoms with van der Waals surface area (Å²) in [6.45, 7) is 2.53. The molecule has 1 aromatic heterocycles. The Morgan fingerprint density at radius 2 is 1.88 bits per heavy atom. The molecule has 0 saturated carbocycles. The maximum absolute atomic E-state index is 12.9. The molecule has 0 radical (unpaired) electrons. The van der Waals surface area contributed by atoms with Crippen LogP contribution in [-0.2, 0) is 13.0 Å². The third-order valence-corrected chi connectivity index (χ3v) is 4.17. The van der Waals surface area contributed by atoms with Gasteiger partial charge in [-0.25, -0.2) is 4.39 Å². The van der Waals surface area contributed by atoms with Crippen LogP contribution >= 0.6 is 0 Å². The zero-order chi connectivity index (χ0) is 18.7. The van der Waals surface area contributed by atoms with Crippen LogP contribution < -0.4 is 16.4 Å². The van der Waals surface area contributed by atoms with Crippen molar-refractivity contribution in [3.05, 3.63) is 80.1 Å². The number of hydrogen-bond acceptors (Lipinski definition) is 3. The van der Waals surface area contributed by atoms with Crippen molar-refractivity contribution in [1.29, 1.82) is 0 Å². The van der Waals surface area contributed by atoms with Crippen LogP contribution in [0.1, 0.15) is 22.8 Å². The number of fused-ring (bicyclic) bond motifs is 1. The minimum Gasteiger partial charge on any atom is -0.352 e. The van der Waals surface area contributed by atoms with Gasteiger partial charge in [-0.15, -0.1) is 0 Å². The molecular formula is C19H18FN3O3. The van der Waals surface area contributed by atoms with Gasteiger partial charge in [-0.2, -0.15) is 0 Å². The predicted octanol–water partition coefficient (Wildman–Crippen LogP) is 1.82. The van der Waals surface area contributed by atoms with Crippen molar-refractivity contribution in [1.82, 2.24) is 14.9 Å². The molecule has 0 spiro atoms. The molecule has 1 amide bonds. The Hall–Kier alpha value is -3.22. The molecule has 0 atom stereocenters. The molecule has 1 heterocycles. The van der Waals surface area contributed by atoms with Gasteiger partial charge in [0, 0.05) is 18.7 Å². The number of carbonyl (C=O) groups excluding carboxylic acids is 1. The van der Waals surface area contributed by atoms with Gasteiger partial charge >= 0.3 is 11.1 Å². The van der Waals surface area contributed by atoms with E-state index in [1.165, 1.54) is 16.7 Å². The fourth-order valence-corrected chi connectivity index (χ4v) is 2.81. The van der Waals surface area contributed by atoms with Crippen LogP contribution in [0.2, 0.25) is 0 Å². The molecule has 0 saturated heterocycles. The van der Waals surface area contributed by atoms with Gasteiger partial charge < -0.3 is 14.9 Å². The smallest absolute Gasteiger partial charge is 0.316 e. The van der Waals surface area contributed by atoms with Gasteiger partial charge in [-0.1, -0.05) is 12.1 Å². The summed E-state index contributed by atoms with van der Waals surface area (Å²) in [5, 5.41) is 2.79. The minimum absolute atomic E-state index is 0.288. The van der Waals surface area contributed by atoms with E-state index in [2.05, 4.69) is 10.3 Å². The Labute approximate surface area is 148 Å². The van der Waals surface area contributed by atoms with Gasteiger partial charge in [0.05, 0.1) is 11.0 Å². The number of nitrogens with one attached hydrogen (secondary N) is 2. The van der Waals surface area contributed by atoms with Crippen molar-refractivity contribution < 1.29 is 9.18 Å². The van der Waals surface area contributed by atoms with E-state index >= 15 is 0 Å². The Balaban J connectivity index is 1.76. The predicted molar refractivity (Wildman–Crippen MR) is 96.9 cm³/mol. The first-order chi connectivity index (χ1) is 12.5. The standard InChI is InChI=1S/C19H18FN3O3/c1-2-23-16-8-5-13(11-15(16)22-18(25)19(23)26)17(24)21-10-9-12-3-6-14(20)7-4-12/h3-8,11H,2,9-10H2,1H3,(H,21,24)(H,22,25). The second-order valence-corrected chi connectivity index (χ2v) is 5.87. The summed E-state index contributed by atoms with van der Waals surface area (Å²) >= 11 is 0. The third-order valence-electron chi connectivity index (χ3n) is 4.17. The van der Waals surface area contributed by atoms with Gasteiger partial charge in [-0.3, -0.25) is 14.4 Å². The highest BCUT2D eigenvalue weighted by Crippen LogP contribution is 2.12. The highest BCUT2D eigenvalue weighted by atomic mass is 19.1. The van der Waals surface area contributed by atoms with E-state index in [0.717, 1.165) is 5.56 Å². The van der Waals surface area contributed by atoms with E-state index in [1.54, 1.807) is 37.3 Å². The molecule has 7 heteroatoms. The molecule has 6 nitrogen and oxygen atoms in total. The number of carbonyl (C=O) groups is 1. The summed E-state index contributed by atoms with van der Waals surface area (Å²) < 4.78 is 14.2. The monoisotopic (exact) mass is 355 g/mol. The molecule has 0 aliphatic carbocycles. The van der Waals surface area contributed by atoms with E-state index in [1.807, 2.05) is 0 Å². The second-order valence-electron chi connectivity index (χ2n) is 5.87. The van der Waals surface area contributed by atoms with Crippen LogP contribution in [0.5, 0.6) is 0 Å². The first-order valence-corrected chi connectivity index (χ1v) is 8.29. The van der Waals surface area contributed by atoms with Crippen molar-refractivity contribution >= 4 is 16.9 Å². The lowest BCUT2D eigenvalue weighted by molar-refractivity contribution is 0.0954. The number of halogens is 1. The lowest BCUT2D eigenvalue weighted by Gasteiger charge is -2.09. The van der Waals surface area contributed by atoms with E-state index in [4.69, 9.17) is 0 Å². The van der Waals surface area contributed by atoms with Crippen LogP contribution in [0.4, 0.5) is 4.39 Å². The van der Waals surface area contributed by atoms with E-state index < -0.39 is 11.1 Å². The van der Waals surface area contributed by atoms with Gasteiger partial charge in [0.25, 0.3) is 5.91 Å². The molecule has 0 unspecified atom stereocenters. The topological polar surface area (TPSA) is 84.0 Å². The Morgan fingerprint density at radius 3 is 2.58 bits per heavy atom. The van der Waals surface area contributed by atoms with Gasteiger partial charge in [0.15, 0.2) is 0 Å². The normalized spacial score (nSPS) is 10.8. The number of aryl methyl sites for hydroxylation is 1. The Kier molecular flexibility index (Phi) is 4.97. The first-order valence-electron chi connectivity index (χ1n) is 8.29. The highest BCUT2D eigenvalue weighted by molar-refractivity contribution is 5.97. The fraction of sp³-hybridized carbons (Fsp3) is 0.211. The van der Waals surface area contributed by atoms with Crippen LogP contribution in [0, 0.1) is 5.82 Å².